The maximum atomic E-state index is 14.4. The lowest BCUT2D eigenvalue weighted by Gasteiger charge is -2.42. The molecule has 5 rings (SSSR count). The van der Waals surface area contributed by atoms with E-state index in [9.17, 15) is 9.18 Å². The summed E-state index contributed by atoms with van der Waals surface area (Å²) in [6.07, 6.45) is 2.12. The minimum atomic E-state index is -0.328. The van der Waals surface area contributed by atoms with Gasteiger partial charge in [-0.1, -0.05) is 35.8 Å². The Hall–Kier alpha value is -2.32. The van der Waals surface area contributed by atoms with Gasteiger partial charge in [0.15, 0.2) is 0 Å². The van der Waals surface area contributed by atoms with Gasteiger partial charge in [0.1, 0.15) is 11.6 Å². The summed E-state index contributed by atoms with van der Waals surface area (Å²) in [5.74, 6) is 0.221. The number of piperazine rings is 1. The molecule has 2 aliphatic rings. The minimum Gasteiger partial charge on any atom is -0.492 e. The smallest absolute Gasteiger partial charge is 0.246 e. The first-order valence-electron chi connectivity index (χ1n) is 10.6. The average Bonchev–Trinajstić information content (AvgIpc) is 3.18. The van der Waals surface area contributed by atoms with E-state index in [1.54, 1.807) is 12.1 Å². The second-order valence-electron chi connectivity index (χ2n) is 8.27. The number of nitrogen functional groups attached to an aromatic ring is 1. The number of nitrogens with zero attached hydrogens (tertiary/aromatic N) is 2. The summed E-state index contributed by atoms with van der Waals surface area (Å²) < 4.78 is 21.0. The van der Waals surface area contributed by atoms with E-state index in [2.05, 4.69) is 11.5 Å². The lowest BCUT2D eigenvalue weighted by molar-refractivity contribution is -0.129. The van der Waals surface area contributed by atoms with Crippen molar-refractivity contribution >= 4 is 55.5 Å². The van der Waals surface area contributed by atoms with Gasteiger partial charge in [-0.15, -0.1) is 11.3 Å². The summed E-state index contributed by atoms with van der Waals surface area (Å²) in [5.41, 5.74) is 8.18. The monoisotopic (exact) mass is 505 g/mol. The normalized spacial score (nSPS) is 18.8. The van der Waals surface area contributed by atoms with Crippen LogP contribution >= 0.6 is 34.5 Å². The number of halogens is 3. The van der Waals surface area contributed by atoms with Gasteiger partial charge in [-0.2, -0.15) is 0 Å². The van der Waals surface area contributed by atoms with Gasteiger partial charge in [0.25, 0.3) is 0 Å². The van der Waals surface area contributed by atoms with Crippen LogP contribution in [0.3, 0.4) is 0 Å². The summed E-state index contributed by atoms with van der Waals surface area (Å²) in [4.78, 5) is 16.2. The van der Waals surface area contributed by atoms with Gasteiger partial charge in [0, 0.05) is 48.7 Å². The van der Waals surface area contributed by atoms with Crippen LogP contribution in [0.25, 0.3) is 21.2 Å². The lowest BCUT2D eigenvalue weighted by Crippen LogP contribution is -2.54. The van der Waals surface area contributed by atoms with E-state index in [4.69, 9.17) is 33.7 Å². The summed E-state index contributed by atoms with van der Waals surface area (Å²) in [6, 6.07) is 6.90. The Bertz CT molecular complexity index is 1280. The maximum absolute atomic E-state index is 14.4. The third-order valence-electron chi connectivity index (χ3n) is 6.34. The fourth-order valence-corrected chi connectivity index (χ4v) is 6.33. The van der Waals surface area contributed by atoms with E-state index >= 15 is 0 Å². The van der Waals surface area contributed by atoms with Crippen LogP contribution in [0.1, 0.15) is 12.0 Å². The zero-order valence-electron chi connectivity index (χ0n) is 17.7. The fraction of sp³-hybridized carbons (Fsp3) is 0.292. The second-order valence-corrected chi connectivity index (χ2v) is 10.1. The summed E-state index contributed by atoms with van der Waals surface area (Å²) in [7, 11) is 0. The summed E-state index contributed by atoms with van der Waals surface area (Å²) in [5, 5.41) is 2.08. The standard InChI is InChI=1S/C24H22Cl2FN3O2S/c1-2-20(31)30-7-6-29-11-13-9-17(25)21(22(26)23(13)32-8-5-14(29)12-30)15-3-4-18(27)24-16(15)10-19(28)33-24/h2-4,9-10,14H,1,5-8,11-12,28H2/t14-/m1/s1. The largest absolute Gasteiger partial charge is 0.492 e. The Morgan fingerprint density at radius 1 is 1.30 bits per heavy atom. The number of ether oxygens (including phenoxy) is 1. The predicted octanol–water partition coefficient (Wildman–Crippen LogP) is 5.58. The first-order valence-corrected chi connectivity index (χ1v) is 12.2. The van der Waals surface area contributed by atoms with E-state index in [0.717, 1.165) is 24.1 Å². The predicted molar refractivity (Wildman–Crippen MR) is 133 cm³/mol. The average molecular weight is 506 g/mol. The fourth-order valence-electron chi connectivity index (χ4n) is 4.72. The third-order valence-corrected chi connectivity index (χ3v) is 7.97. The van der Waals surface area contributed by atoms with E-state index in [1.807, 2.05) is 11.0 Å². The van der Waals surface area contributed by atoms with Crippen molar-refractivity contribution in [1.82, 2.24) is 9.80 Å². The Labute approximate surface area is 205 Å². The molecule has 0 spiro atoms. The number of rotatable bonds is 2. The Morgan fingerprint density at radius 3 is 2.91 bits per heavy atom. The molecule has 9 heteroatoms. The van der Waals surface area contributed by atoms with Crippen molar-refractivity contribution in [1.29, 1.82) is 0 Å². The number of anilines is 1. The van der Waals surface area contributed by atoms with Crippen LogP contribution in [0.2, 0.25) is 10.0 Å². The zero-order valence-corrected chi connectivity index (χ0v) is 20.1. The van der Waals surface area contributed by atoms with Crippen molar-refractivity contribution < 1.29 is 13.9 Å². The number of nitrogens with two attached hydrogens (primary N) is 1. The minimum absolute atomic E-state index is 0.0477. The van der Waals surface area contributed by atoms with E-state index < -0.39 is 0 Å². The molecule has 2 aromatic carbocycles. The number of hydrogen-bond acceptors (Lipinski definition) is 5. The molecule has 3 heterocycles. The Balaban J connectivity index is 1.54. The van der Waals surface area contributed by atoms with Gasteiger partial charge < -0.3 is 15.4 Å². The third kappa shape index (κ3) is 3.97. The van der Waals surface area contributed by atoms with E-state index in [-0.39, 0.29) is 17.8 Å². The molecule has 1 saturated heterocycles. The highest BCUT2D eigenvalue weighted by Gasteiger charge is 2.32. The van der Waals surface area contributed by atoms with Gasteiger partial charge in [0.2, 0.25) is 5.91 Å². The molecular formula is C24H22Cl2FN3O2S. The molecule has 0 aliphatic carbocycles. The number of carbonyl (C=O) groups excluding carboxylic acids is 1. The van der Waals surface area contributed by atoms with Crippen LogP contribution in [0.5, 0.6) is 5.75 Å². The first kappa shape index (κ1) is 22.5. The van der Waals surface area contributed by atoms with Gasteiger partial charge in [-0.05, 0) is 36.3 Å². The highest BCUT2D eigenvalue weighted by molar-refractivity contribution is 7.22. The van der Waals surface area contributed by atoms with Crippen LogP contribution in [-0.2, 0) is 11.3 Å². The number of carbonyl (C=O) groups is 1. The van der Waals surface area contributed by atoms with Crippen LogP contribution in [0, 0.1) is 5.82 Å². The molecule has 172 valence electrons. The maximum Gasteiger partial charge on any atom is 0.246 e. The lowest BCUT2D eigenvalue weighted by atomic mass is 9.98. The molecule has 2 aliphatic heterocycles. The quantitative estimate of drug-likeness (QED) is 0.462. The molecule has 0 saturated carbocycles. The topological polar surface area (TPSA) is 58.8 Å². The van der Waals surface area contributed by atoms with Gasteiger partial charge in [-0.3, -0.25) is 9.69 Å². The summed E-state index contributed by atoms with van der Waals surface area (Å²) >= 11 is 14.8. The Morgan fingerprint density at radius 2 is 2.12 bits per heavy atom. The van der Waals surface area contributed by atoms with Gasteiger partial charge in [-0.25, -0.2) is 4.39 Å². The molecule has 5 nitrogen and oxygen atoms in total. The number of benzene rings is 2. The zero-order chi connectivity index (χ0) is 23.3. The molecule has 1 atom stereocenters. The van der Waals surface area contributed by atoms with Crippen molar-refractivity contribution in [3.8, 4) is 16.9 Å². The van der Waals surface area contributed by atoms with Crippen molar-refractivity contribution in [2.75, 3.05) is 32.0 Å². The van der Waals surface area contributed by atoms with Crippen molar-refractivity contribution in [2.45, 2.75) is 19.0 Å². The second kappa shape index (κ2) is 8.80. The molecule has 0 bridgehead atoms. The molecule has 1 fully saturated rings. The van der Waals surface area contributed by atoms with Crippen LogP contribution < -0.4 is 10.5 Å². The molecule has 3 aromatic rings. The molecule has 0 unspecified atom stereocenters. The molecular weight excluding hydrogens is 484 g/mol. The molecule has 0 radical (unpaired) electrons. The molecule has 1 amide bonds. The number of fused-ring (bicyclic) bond motifs is 3. The molecule has 2 N–H and O–H groups in total. The number of thiophene rings is 1. The number of amides is 1. The van der Waals surface area contributed by atoms with Crippen molar-refractivity contribution in [3.63, 3.8) is 0 Å². The number of hydrogen-bond donors (Lipinski definition) is 1. The molecule has 33 heavy (non-hydrogen) atoms. The SMILES string of the molecule is C=CC(=O)N1CCN2Cc3cc(Cl)c(-c4ccc(F)c5sc(N)cc45)c(Cl)c3OCC[C@@H]2C1. The van der Waals surface area contributed by atoms with E-state index in [0.29, 0.717) is 62.7 Å². The molecule has 1 aromatic heterocycles. The van der Waals surface area contributed by atoms with Crippen molar-refractivity contribution in [2.24, 2.45) is 0 Å². The Kier molecular flexibility index (Phi) is 5.99. The highest BCUT2D eigenvalue weighted by Crippen LogP contribution is 2.47. The van der Waals surface area contributed by atoms with Crippen LogP contribution in [0.4, 0.5) is 9.39 Å². The van der Waals surface area contributed by atoms with Gasteiger partial charge in [0.05, 0.1) is 26.4 Å². The van der Waals surface area contributed by atoms with Crippen molar-refractivity contribution in [3.05, 3.63) is 58.3 Å². The highest BCUT2D eigenvalue weighted by atomic mass is 35.5. The van der Waals surface area contributed by atoms with E-state index in [1.165, 1.54) is 23.5 Å². The van der Waals surface area contributed by atoms with Gasteiger partial charge >= 0.3 is 0 Å². The van der Waals surface area contributed by atoms with Crippen LogP contribution in [-0.4, -0.2) is 48.0 Å². The summed E-state index contributed by atoms with van der Waals surface area (Å²) in [6.45, 7) is 6.68. The first-order chi connectivity index (χ1) is 15.9. The van der Waals surface area contributed by atoms with Crippen LogP contribution in [0.15, 0.2) is 36.9 Å².